The lowest BCUT2D eigenvalue weighted by atomic mass is 10.2. The van der Waals surface area contributed by atoms with E-state index in [-0.39, 0.29) is 5.84 Å². The highest BCUT2D eigenvalue weighted by atomic mass is 32.2. The molecule has 0 aliphatic rings. The molecular weight excluding hydrogens is 236 g/mol. The molecule has 0 radical (unpaired) electrons. The molecule has 0 saturated carbocycles. The number of nitrogens with zero attached hydrogens (tertiary/aromatic N) is 1. The molecule has 3 N–H and O–H groups in total. The monoisotopic (exact) mass is 254 g/mol. The zero-order valence-electron chi connectivity index (χ0n) is 9.93. The molecule has 1 aromatic carbocycles. The number of nitrogens with two attached hydrogens (primary N) is 1. The summed E-state index contributed by atoms with van der Waals surface area (Å²) in [7, 11) is 0. The lowest BCUT2D eigenvalue weighted by molar-refractivity contribution is 0.317. The van der Waals surface area contributed by atoms with E-state index in [2.05, 4.69) is 12.1 Å². The minimum atomic E-state index is 0.107. The van der Waals surface area contributed by atoms with Crippen LogP contribution in [-0.4, -0.2) is 29.2 Å². The van der Waals surface area contributed by atoms with Gasteiger partial charge in [0.15, 0.2) is 5.84 Å². The zero-order chi connectivity index (χ0) is 12.5. The fourth-order valence-electron chi connectivity index (χ4n) is 1.28. The molecule has 0 atom stereocenters. The van der Waals surface area contributed by atoms with Crippen molar-refractivity contribution >= 4 is 17.6 Å². The van der Waals surface area contributed by atoms with Crippen molar-refractivity contribution < 1.29 is 9.94 Å². The second-order valence-corrected chi connectivity index (χ2v) is 4.80. The number of oxime groups is 1. The van der Waals surface area contributed by atoms with Crippen molar-refractivity contribution in [2.45, 2.75) is 13.3 Å². The summed E-state index contributed by atoms with van der Waals surface area (Å²) in [4.78, 5) is 0. The van der Waals surface area contributed by atoms with Gasteiger partial charge in [0.2, 0.25) is 0 Å². The van der Waals surface area contributed by atoms with Gasteiger partial charge in [0, 0.05) is 5.56 Å². The zero-order valence-corrected chi connectivity index (χ0v) is 10.7. The molecule has 0 amide bonds. The van der Waals surface area contributed by atoms with Crippen LogP contribution in [0.5, 0.6) is 5.75 Å². The van der Waals surface area contributed by atoms with E-state index in [9.17, 15) is 0 Å². The Balaban J connectivity index is 2.35. The first-order valence-corrected chi connectivity index (χ1v) is 6.72. The Morgan fingerprint density at radius 1 is 1.41 bits per heavy atom. The number of hydrogen-bond acceptors (Lipinski definition) is 4. The van der Waals surface area contributed by atoms with E-state index >= 15 is 0 Å². The van der Waals surface area contributed by atoms with Crippen LogP contribution in [0.2, 0.25) is 0 Å². The number of rotatable bonds is 7. The molecule has 0 heterocycles. The Morgan fingerprint density at radius 3 is 2.71 bits per heavy atom. The Labute approximate surface area is 106 Å². The second-order valence-electron chi connectivity index (χ2n) is 3.41. The number of thioether (sulfide) groups is 1. The molecule has 1 rings (SSSR count). The Bertz CT molecular complexity index is 352. The minimum absolute atomic E-state index is 0.107. The number of hydrogen-bond donors (Lipinski definition) is 2. The van der Waals surface area contributed by atoms with Gasteiger partial charge in [0.1, 0.15) is 5.75 Å². The molecule has 0 spiro atoms. The van der Waals surface area contributed by atoms with E-state index in [1.165, 1.54) is 0 Å². The second kappa shape index (κ2) is 7.84. The van der Waals surface area contributed by atoms with Gasteiger partial charge in [-0.05, 0) is 42.2 Å². The van der Waals surface area contributed by atoms with Gasteiger partial charge >= 0.3 is 0 Å². The third-order valence-electron chi connectivity index (χ3n) is 2.16. The predicted molar refractivity (Wildman–Crippen MR) is 72.1 cm³/mol. The predicted octanol–water partition coefficient (Wildman–Crippen LogP) is 2.30. The number of amidine groups is 1. The maximum Gasteiger partial charge on any atom is 0.170 e. The lowest BCUT2D eigenvalue weighted by Crippen LogP contribution is -2.12. The third kappa shape index (κ3) is 4.99. The van der Waals surface area contributed by atoms with E-state index in [0.29, 0.717) is 5.56 Å². The molecule has 4 nitrogen and oxygen atoms in total. The summed E-state index contributed by atoms with van der Waals surface area (Å²) in [5.74, 6) is 3.18. The summed E-state index contributed by atoms with van der Waals surface area (Å²) in [6.07, 6.45) is 1.04. The third-order valence-corrected chi connectivity index (χ3v) is 3.15. The van der Waals surface area contributed by atoms with Gasteiger partial charge in [0.05, 0.1) is 6.61 Å². The van der Waals surface area contributed by atoms with Crippen molar-refractivity contribution in [3.05, 3.63) is 29.8 Å². The standard InChI is InChI=1S/C12H18N2O2S/c1-2-17-9-3-8-16-11-6-4-10(5-7-11)12(13)14-15/h4-7,15H,2-3,8-9H2,1H3,(H2,13,14). The van der Waals surface area contributed by atoms with E-state index < -0.39 is 0 Å². The Kier molecular flexibility index (Phi) is 6.32. The molecule has 94 valence electrons. The topological polar surface area (TPSA) is 67.8 Å². The van der Waals surface area contributed by atoms with Crippen LogP contribution in [0.4, 0.5) is 0 Å². The van der Waals surface area contributed by atoms with E-state index in [4.69, 9.17) is 15.7 Å². The minimum Gasteiger partial charge on any atom is -0.494 e. The summed E-state index contributed by atoms with van der Waals surface area (Å²) in [6, 6.07) is 7.18. The summed E-state index contributed by atoms with van der Waals surface area (Å²) in [6.45, 7) is 2.87. The molecule has 0 unspecified atom stereocenters. The van der Waals surface area contributed by atoms with Crippen LogP contribution >= 0.6 is 11.8 Å². The number of ether oxygens (including phenoxy) is 1. The van der Waals surface area contributed by atoms with Crippen LogP contribution in [0.25, 0.3) is 0 Å². The van der Waals surface area contributed by atoms with Crippen molar-refractivity contribution in [3.63, 3.8) is 0 Å². The van der Waals surface area contributed by atoms with Crippen LogP contribution in [-0.2, 0) is 0 Å². The summed E-state index contributed by atoms with van der Waals surface area (Å²) in [5.41, 5.74) is 6.14. The van der Waals surface area contributed by atoms with Crippen LogP contribution in [0.3, 0.4) is 0 Å². The first-order chi connectivity index (χ1) is 8.27. The van der Waals surface area contributed by atoms with Gasteiger partial charge < -0.3 is 15.7 Å². The van der Waals surface area contributed by atoms with Crippen LogP contribution in [0, 0.1) is 0 Å². The smallest absolute Gasteiger partial charge is 0.170 e. The SMILES string of the molecule is CCSCCCOc1ccc(/C(N)=N/O)cc1. The van der Waals surface area contributed by atoms with Crippen molar-refractivity contribution in [2.75, 3.05) is 18.1 Å². The first-order valence-electron chi connectivity index (χ1n) is 5.56. The molecule has 0 saturated heterocycles. The Morgan fingerprint density at radius 2 is 2.12 bits per heavy atom. The van der Waals surface area contributed by atoms with Gasteiger partial charge in [-0.2, -0.15) is 11.8 Å². The Hall–Kier alpha value is -1.36. The summed E-state index contributed by atoms with van der Waals surface area (Å²) in [5, 5.41) is 11.4. The van der Waals surface area contributed by atoms with Gasteiger partial charge in [-0.1, -0.05) is 12.1 Å². The largest absolute Gasteiger partial charge is 0.494 e. The normalized spacial score (nSPS) is 11.5. The molecular formula is C12H18N2O2S. The first kappa shape index (κ1) is 13.7. The summed E-state index contributed by atoms with van der Waals surface area (Å²) >= 11 is 1.91. The average Bonchev–Trinajstić information content (AvgIpc) is 2.38. The van der Waals surface area contributed by atoms with Crippen molar-refractivity contribution in [2.24, 2.45) is 10.9 Å². The van der Waals surface area contributed by atoms with Gasteiger partial charge in [0.25, 0.3) is 0 Å². The summed E-state index contributed by atoms with van der Waals surface area (Å²) < 4.78 is 5.56. The van der Waals surface area contributed by atoms with Crippen LogP contribution in [0.15, 0.2) is 29.4 Å². The maximum atomic E-state index is 8.51. The fraction of sp³-hybridized carbons (Fsp3) is 0.417. The molecule has 0 aromatic heterocycles. The maximum absolute atomic E-state index is 8.51. The van der Waals surface area contributed by atoms with Crippen LogP contribution in [0.1, 0.15) is 18.9 Å². The quantitative estimate of drug-likeness (QED) is 0.257. The highest BCUT2D eigenvalue weighted by Crippen LogP contribution is 2.12. The number of benzene rings is 1. The average molecular weight is 254 g/mol. The van der Waals surface area contributed by atoms with Crippen LogP contribution < -0.4 is 10.5 Å². The van der Waals surface area contributed by atoms with Crippen molar-refractivity contribution in [1.29, 1.82) is 0 Å². The lowest BCUT2D eigenvalue weighted by Gasteiger charge is -2.06. The van der Waals surface area contributed by atoms with Gasteiger partial charge in [-0.25, -0.2) is 0 Å². The van der Waals surface area contributed by atoms with E-state index in [1.54, 1.807) is 12.1 Å². The molecule has 1 aromatic rings. The molecule has 0 aliphatic heterocycles. The van der Waals surface area contributed by atoms with Crippen molar-refractivity contribution in [1.82, 2.24) is 0 Å². The highest BCUT2D eigenvalue weighted by molar-refractivity contribution is 7.99. The van der Waals surface area contributed by atoms with Crippen molar-refractivity contribution in [3.8, 4) is 5.75 Å². The fourth-order valence-corrected chi connectivity index (χ4v) is 1.89. The molecule has 0 aliphatic carbocycles. The van der Waals surface area contributed by atoms with E-state index in [0.717, 1.165) is 30.3 Å². The highest BCUT2D eigenvalue weighted by Gasteiger charge is 1.99. The molecule has 0 bridgehead atoms. The van der Waals surface area contributed by atoms with E-state index in [1.807, 2.05) is 23.9 Å². The molecule has 17 heavy (non-hydrogen) atoms. The molecule has 5 heteroatoms. The molecule has 0 fully saturated rings. The van der Waals surface area contributed by atoms with Gasteiger partial charge in [-0.15, -0.1) is 0 Å². The van der Waals surface area contributed by atoms with Gasteiger partial charge in [-0.3, -0.25) is 0 Å².